The average Bonchev–Trinajstić information content (AvgIpc) is 3.26. The Morgan fingerprint density at radius 2 is 1.86 bits per heavy atom. The Morgan fingerprint density at radius 3 is 2.48 bits per heavy atom. The minimum absolute atomic E-state index is 0.0571. The second-order valence-electron chi connectivity index (χ2n) is 6.86. The van der Waals surface area contributed by atoms with Crippen LogP contribution in [0.25, 0.3) is 0 Å². The number of pyridine rings is 1. The van der Waals surface area contributed by atoms with Crippen LogP contribution in [0.5, 0.6) is 0 Å². The number of nitrogens with one attached hydrogen (secondary N) is 2. The van der Waals surface area contributed by atoms with Gasteiger partial charge in [0.25, 0.3) is 10.0 Å². The number of piperidine rings is 1. The molecule has 0 spiro atoms. The quantitative estimate of drug-likeness (QED) is 0.662. The molecule has 0 radical (unpaired) electrons. The van der Waals surface area contributed by atoms with Crippen molar-refractivity contribution in [3.8, 4) is 0 Å². The molecule has 2 N–H and O–H groups in total. The number of hydrogen-bond acceptors (Lipinski definition) is 5. The van der Waals surface area contributed by atoms with Gasteiger partial charge in [-0.05, 0) is 43.2 Å². The molecule has 4 rings (SSSR count). The highest BCUT2D eigenvalue weighted by atomic mass is 32.2. The van der Waals surface area contributed by atoms with Gasteiger partial charge in [0.1, 0.15) is 10.7 Å². The van der Waals surface area contributed by atoms with E-state index in [-0.39, 0.29) is 10.6 Å². The highest BCUT2D eigenvalue weighted by Gasteiger charge is 2.23. The number of aromatic amines is 1. The fourth-order valence-electron chi connectivity index (χ4n) is 3.41. The number of halogens is 2. The normalized spacial score (nSPS) is 15.4. The molecule has 1 fully saturated rings. The molecular weight excluding hydrogens is 400 g/mol. The minimum atomic E-state index is -3.96. The van der Waals surface area contributed by atoms with Crippen LogP contribution in [0.4, 0.5) is 20.3 Å². The van der Waals surface area contributed by atoms with Gasteiger partial charge < -0.3 is 4.90 Å². The van der Waals surface area contributed by atoms with E-state index in [0.29, 0.717) is 11.7 Å². The van der Waals surface area contributed by atoms with Crippen LogP contribution in [0.2, 0.25) is 0 Å². The third-order valence-corrected chi connectivity index (χ3v) is 6.35. The van der Waals surface area contributed by atoms with Gasteiger partial charge >= 0.3 is 0 Å². The summed E-state index contributed by atoms with van der Waals surface area (Å²) in [6, 6.07) is 7.89. The van der Waals surface area contributed by atoms with E-state index in [1.807, 2.05) is 6.07 Å². The van der Waals surface area contributed by atoms with Gasteiger partial charge in [-0.1, -0.05) is 0 Å². The molecule has 0 atom stereocenters. The molecule has 7 nitrogen and oxygen atoms in total. The van der Waals surface area contributed by atoms with Crippen LogP contribution in [0.1, 0.15) is 24.5 Å². The van der Waals surface area contributed by atoms with Gasteiger partial charge in [-0.25, -0.2) is 22.2 Å². The van der Waals surface area contributed by atoms with Crippen molar-refractivity contribution in [3.63, 3.8) is 0 Å². The third-order valence-electron chi connectivity index (χ3n) is 4.98. The van der Waals surface area contributed by atoms with Gasteiger partial charge in [0, 0.05) is 43.2 Å². The van der Waals surface area contributed by atoms with Crippen LogP contribution in [0.3, 0.4) is 0 Å². The molecule has 1 aliphatic heterocycles. The summed E-state index contributed by atoms with van der Waals surface area (Å²) in [5, 5.41) is 7.00. The lowest BCUT2D eigenvalue weighted by molar-refractivity contribution is 0.493. The van der Waals surface area contributed by atoms with E-state index in [2.05, 4.69) is 24.8 Å². The van der Waals surface area contributed by atoms with Crippen LogP contribution < -0.4 is 9.62 Å². The molecule has 0 aliphatic carbocycles. The lowest BCUT2D eigenvalue weighted by atomic mass is 9.94. The molecule has 1 aromatic carbocycles. The Labute approximate surface area is 166 Å². The maximum absolute atomic E-state index is 13.3. The first kappa shape index (κ1) is 19.3. The topological polar surface area (TPSA) is 91.0 Å². The number of benzene rings is 1. The summed E-state index contributed by atoms with van der Waals surface area (Å²) >= 11 is 0. The Bertz CT molecular complexity index is 1080. The van der Waals surface area contributed by atoms with E-state index < -0.39 is 21.7 Å². The molecule has 152 valence electrons. The molecular formula is C19H19F2N5O2S. The van der Waals surface area contributed by atoms with Crippen molar-refractivity contribution in [1.82, 2.24) is 15.2 Å². The molecule has 2 aromatic heterocycles. The zero-order chi connectivity index (χ0) is 20.4. The molecule has 0 amide bonds. The van der Waals surface area contributed by atoms with Gasteiger partial charge in [-0.15, -0.1) is 0 Å². The maximum atomic E-state index is 13.3. The first-order valence-corrected chi connectivity index (χ1v) is 10.6. The second-order valence-corrected chi connectivity index (χ2v) is 8.54. The van der Waals surface area contributed by atoms with E-state index in [4.69, 9.17) is 0 Å². The molecule has 1 aliphatic rings. The summed E-state index contributed by atoms with van der Waals surface area (Å²) in [6.45, 7) is 1.60. The summed E-state index contributed by atoms with van der Waals surface area (Å²) in [5.41, 5.74) is 1.07. The molecule has 0 unspecified atom stereocenters. The third kappa shape index (κ3) is 4.21. The smallest absolute Gasteiger partial charge is 0.263 e. The SMILES string of the molecule is O=S(=O)(Nc1ccc(F)c(F)c1)c1ccc(N2CCC(c3ccn[nH]3)CC2)nc1. The number of anilines is 2. The first-order valence-electron chi connectivity index (χ1n) is 9.10. The van der Waals surface area contributed by atoms with E-state index in [1.165, 1.54) is 12.3 Å². The molecule has 29 heavy (non-hydrogen) atoms. The average molecular weight is 419 g/mol. The lowest BCUT2D eigenvalue weighted by Gasteiger charge is -2.32. The molecule has 0 bridgehead atoms. The fourth-order valence-corrected chi connectivity index (χ4v) is 4.40. The number of aromatic nitrogens is 3. The molecule has 3 heterocycles. The standard InChI is InChI=1S/C19H19F2N5O2S/c20-16-3-1-14(11-17(16)21)25-29(27,28)15-2-4-19(22-12-15)26-9-6-13(7-10-26)18-5-8-23-24-18/h1-5,8,11-13,25H,6-7,9-10H2,(H,23,24). The number of H-pyrrole nitrogens is 1. The number of sulfonamides is 1. The highest BCUT2D eigenvalue weighted by molar-refractivity contribution is 7.92. The van der Waals surface area contributed by atoms with Crippen LogP contribution in [0.15, 0.2) is 53.7 Å². The van der Waals surface area contributed by atoms with Crippen LogP contribution in [-0.2, 0) is 10.0 Å². The Balaban J connectivity index is 1.42. The van der Waals surface area contributed by atoms with E-state index >= 15 is 0 Å². The lowest BCUT2D eigenvalue weighted by Crippen LogP contribution is -2.33. The van der Waals surface area contributed by atoms with Gasteiger partial charge in [0.05, 0.1) is 5.69 Å². The Hall–Kier alpha value is -3.01. The number of hydrogen-bond donors (Lipinski definition) is 2. The van der Waals surface area contributed by atoms with Gasteiger partial charge in [0.2, 0.25) is 0 Å². The van der Waals surface area contributed by atoms with Crippen molar-refractivity contribution >= 4 is 21.5 Å². The van der Waals surface area contributed by atoms with Crippen molar-refractivity contribution in [1.29, 1.82) is 0 Å². The molecule has 10 heteroatoms. The van der Waals surface area contributed by atoms with Crippen molar-refractivity contribution in [2.24, 2.45) is 0 Å². The molecule has 0 saturated carbocycles. The number of rotatable bonds is 5. The minimum Gasteiger partial charge on any atom is -0.357 e. The largest absolute Gasteiger partial charge is 0.357 e. The fraction of sp³-hybridized carbons (Fsp3) is 0.263. The Kier molecular flexibility index (Phi) is 5.18. The van der Waals surface area contributed by atoms with Crippen molar-refractivity contribution < 1.29 is 17.2 Å². The maximum Gasteiger partial charge on any atom is 0.263 e. The first-order chi connectivity index (χ1) is 13.9. The monoisotopic (exact) mass is 419 g/mol. The van der Waals surface area contributed by atoms with E-state index in [9.17, 15) is 17.2 Å². The predicted molar refractivity (Wildman–Crippen MR) is 104 cm³/mol. The summed E-state index contributed by atoms with van der Waals surface area (Å²) in [4.78, 5) is 6.33. The van der Waals surface area contributed by atoms with Gasteiger partial charge in [0.15, 0.2) is 11.6 Å². The zero-order valence-electron chi connectivity index (χ0n) is 15.3. The Morgan fingerprint density at radius 1 is 1.07 bits per heavy atom. The summed E-state index contributed by atoms with van der Waals surface area (Å²) in [6.07, 6.45) is 4.90. The van der Waals surface area contributed by atoms with Crippen molar-refractivity contribution in [2.75, 3.05) is 22.7 Å². The van der Waals surface area contributed by atoms with Crippen LogP contribution in [0, 0.1) is 11.6 Å². The zero-order valence-corrected chi connectivity index (χ0v) is 16.2. The van der Waals surface area contributed by atoms with E-state index in [0.717, 1.165) is 49.8 Å². The molecule has 1 saturated heterocycles. The van der Waals surface area contributed by atoms with Crippen LogP contribution >= 0.6 is 0 Å². The summed E-state index contributed by atoms with van der Waals surface area (Å²) in [7, 11) is -3.96. The van der Waals surface area contributed by atoms with Crippen LogP contribution in [-0.4, -0.2) is 36.7 Å². The predicted octanol–water partition coefficient (Wildman–Crippen LogP) is 3.27. The van der Waals surface area contributed by atoms with Crippen molar-refractivity contribution in [2.45, 2.75) is 23.7 Å². The summed E-state index contributed by atoms with van der Waals surface area (Å²) in [5.74, 6) is -1.05. The van der Waals surface area contributed by atoms with Crippen molar-refractivity contribution in [3.05, 3.63) is 66.1 Å². The van der Waals surface area contributed by atoms with Gasteiger partial charge in [-0.2, -0.15) is 5.10 Å². The number of nitrogens with zero attached hydrogens (tertiary/aromatic N) is 3. The second kappa shape index (κ2) is 7.78. The molecule has 3 aromatic rings. The summed E-state index contributed by atoms with van der Waals surface area (Å²) < 4.78 is 53.5. The van der Waals surface area contributed by atoms with Gasteiger partial charge in [-0.3, -0.25) is 9.82 Å². The highest BCUT2D eigenvalue weighted by Crippen LogP contribution is 2.29. The van der Waals surface area contributed by atoms with E-state index in [1.54, 1.807) is 12.3 Å².